The Morgan fingerprint density at radius 1 is 1.29 bits per heavy atom. The van der Waals surface area contributed by atoms with Crippen LogP contribution in [0.2, 0.25) is 0 Å². The molecule has 1 saturated heterocycles. The van der Waals surface area contributed by atoms with Crippen LogP contribution < -0.4 is 16.0 Å². The number of aliphatic imine (C=N–C) groups is 1. The van der Waals surface area contributed by atoms with Crippen molar-refractivity contribution >= 4 is 11.9 Å². The fraction of sp³-hybridized carbons (Fsp3) is 0.556. The predicted octanol–water partition coefficient (Wildman–Crippen LogP) is 1.67. The lowest BCUT2D eigenvalue weighted by atomic mass is 10.0. The summed E-state index contributed by atoms with van der Waals surface area (Å²) >= 11 is 0. The number of carbonyl (C=O) groups is 1. The van der Waals surface area contributed by atoms with Crippen LogP contribution in [0.15, 0.2) is 29.3 Å². The molecule has 0 radical (unpaired) electrons. The maximum Gasteiger partial charge on any atom is 0.251 e. The number of hydrogen-bond acceptors (Lipinski definition) is 3. The summed E-state index contributed by atoms with van der Waals surface area (Å²) in [5, 5.41) is 9.23. The molecule has 2 rings (SSSR count). The smallest absolute Gasteiger partial charge is 0.251 e. The second-order valence-corrected chi connectivity index (χ2v) is 6.23. The van der Waals surface area contributed by atoms with Gasteiger partial charge in [-0.2, -0.15) is 0 Å². The topological polar surface area (TPSA) is 74.8 Å². The molecule has 1 aromatic rings. The number of benzene rings is 1. The van der Waals surface area contributed by atoms with E-state index >= 15 is 0 Å². The Labute approximate surface area is 144 Å². The minimum atomic E-state index is -0.106. The van der Waals surface area contributed by atoms with Crippen LogP contribution in [0.3, 0.4) is 0 Å². The van der Waals surface area contributed by atoms with Gasteiger partial charge >= 0.3 is 0 Å². The van der Waals surface area contributed by atoms with Crippen LogP contribution in [-0.2, 0) is 11.3 Å². The highest BCUT2D eigenvalue weighted by atomic mass is 16.5. The standard InChI is InChI=1S/C18H28N4O2/c1-4-20-17(22-13-18(2)10-5-11-24-18)21-12-14-6-8-15(9-7-14)16(23)19-3/h6-9H,4-5,10-13H2,1-3H3,(H,19,23)(H2,20,21,22). The normalized spacial score (nSPS) is 20.7. The van der Waals surface area contributed by atoms with Crippen LogP contribution in [0.1, 0.15) is 42.6 Å². The third kappa shape index (κ3) is 5.23. The number of hydrogen-bond donors (Lipinski definition) is 3. The molecule has 1 amide bonds. The van der Waals surface area contributed by atoms with Crippen LogP contribution in [-0.4, -0.2) is 44.2 Å². The van der Waals surface area contributed by atoms with Gasteiger partial charge in [-0.05, 0) is 44.4 Å². The molecule has 1 fully saturated rings. The van der Waals surface area contributed by atoms with Crippen molar-refractivity contribution in [2.24, 2.45) is 4.99 Å². The van der Waals surface area contributed by atoms with E-state index in [1.54, 1.807) is 7.05 Å². The summed E-state index contributed by atoms with van der Waals surface area (Å²) in [7, 11) is 1.63. The first-order chi connectivity index (χ1) is 11.6. The van der Waals surface area contributed by atoms with E-state index in [9.17, 15) is 4.79 Å². The molecule has 132 valence electrons. The van der Waals surface area contributed by atoms with Gasteiger partial charge in [-0.1, -0.05) is 12.1 Å². The lowest BCUT2D eigenvalue weighted by Gasteiger charge is -2.24. The van der Waals surface area contributed by atoms with E-state index in [0.717, 1.165) is 44.1 Å². The fourth-order valence-corrected chi connectivity index (χ4v) is 2.66. The first-order valence-corrected chi connectivity index (χ1v) is 8.53. The molecule has 1 heterocycles. The van der Waals surface area contributed by atoms with E-state index in [0.29, 0.717) is 12.1 Å². The van der Waals surface area contributed by atoms with E-state index in [1.165, 1.54) is 0 Å². The van der Waals surface area contributed by atoms with Gasteiger partial charge in [-0.3, -0.25) is 4.79 Å². The van der Waals surface area contributed by atoms with E-state index in [1.807, 2.05) is 31.2 Å². The zero-order valence-corrected chi connectivity index (χ0v) is 14.8. The monoisotopic (exact) mass is 332 g/mol. The van der Waals surface area contributed by atoms with Gasteiger partial charge in [0, 0.05) is 32.3 Å². The second kappa shape index (κ2) is 8.68. The Hall–Kier alpha value is -2.08. The summed E-state index contributed by atoms with van der Waals surface area (Å²) in [5.74, 6) is 0.703. The maximum absolute atomic E-state index is 11.5. The third-order valence-corrected chi connectivity index (χ3v) is 4.14. The Kier molecular flexibility index (Phi) is 6.61. The van der Waals surface area contributed by atoms with Gasteiger partial charge in [0.25, 0.3) is 5.91 Å². The quantitative estimate of drug-likeness (QED) is 0.547. The van der Waals surface area contributed by atoms with Gasteiger partial charge < -0.3 is 20.7 Å². The van der Waals surface area contributed by atoms with Crippen molar-refractivity contribution in [2.75, 3.05) is 26.7 Å². The zero-order valence-electron chi connectivity index (χ0n) is 14.8. The molecular formula is C18H28N4O2. The maximum atomic E-state index is 11.5. The molecular weight excluding hydrogens is 304 g/mol. The van der Waals surface area contributed by atoms with Gasteiger partial charge in [-0.15, -0.1) is 0 Å². The number of nitrogens with zero attached hydrogens (tertiary/aromatic N) is 1. The highest BCUT2D eigenvalue weighted by Gasteiger charge is 2.29. The summed E-state index contributed by atoms with van der Waals surface area (Å²) in [4.78, 5) is 16.2. The van der Waals surface area contributed by atoms with Crippen LogP contribution >= 0.6 is 0 Å². The summed E-state index contributed by atoms with van der Waals surface area (Å²) in [6.45, 7) is 7.12. The van der Waals surface area contributed by atoms with Crippen molar-refractivity contribution in [1.82, 2.24) is 16.0 Å². The van der Waals surface area contributed by atoms with E-state index in [2.05, 4.69) is 27.9 Å². The van der Waals surface area contributed by atoms with Crippen LogP contribution in [0.5, 0.6) is 0 Å². The van der Waals surface area contributed by atoms with Gasteiger partial charge in [0.1, 0.15) is 0 Å². The average molecular weight is 332 g/mol. The summed E-state index contributed by atoms with van der Waals surface area (Å²) in [6.07, 6.45) is 2.18. The number of rotatable bonds is 6. The molecule has 3 N–H and O–H groups in total. The second-order valence-electron chi connectivity index (χ2n) is 6.23. The Bertz CT molecular complexity index is 563. The number of carbonyl (C=O) groups excluding carboxylic acids is 1. The van der Waals surface area contributed by atoms with E-state index < -0.39 is 0 Å². The number of amides is 1. The van der Waals surface area contributed by atoms with Gasteiger partial charge in [0.05, 0.1) is 12.1 Å². The van der Waals surface area contributed by atoms with Gasteiger partial charge in [-0.25, -0.2) is 4.99 Å². The summed E-state index contributed by atoms with van der Waals surface area (Å²) in [6, 6.07) is 7.49. The zero-order chi connectivity index (χ0) is 17.4. The highest BCUT2D eigenvalue weighted by Crippen LogP contribution is 2.23. The molecule has 0 saturated carbocycles. The SMILES string of the molecule is CCNC(=NCc1ccc(C(=O)NC)cc1)NCC1(C)CCCO1. The Balaban J connectivity index is 1.93. The Morgan fingerprint density at radius 3 is 2.62 bits per heavy atom. The number of guanidine groups is 1. The van der Waals surface area contributed by atoms with Crippen LogP contribution in [0.25, 0.3) is 0 Å². The molecule has 0 aromatic heterocycles. The predicted molar refractivity (Wildman–Crippen MR) is 96.2 cm³/mol. The van der Waals surface area contributed by atoms with Crippen molar-refractivity contribution in [1.29, 1.82) is 0 Å². The molecule has 1 unspecified atom stereocenters. The first kappa shape index (κ1) is 18.3. The van der Waals surface area contributed by atoms with Crippen molar-refractivity contribution < 1.29 is 9.53 Å². The van der Waals surface area contributed by atoms with Crippen molar-refractivity contribution in [2.45, 2.75) is 38.8 Å². The molecule has 6 heteroatoms. The van der Waals surface area contributed by atoms with Gasteiger partial charge in [0.15, 0.2) is 5.96 Å². The molecule has 24 heavy (non-hydrogen) atoms. The number of nitrogens with one attached hydrogen (secondary N) is 3. The average Bonchev–Trinajstić information content (AvgIpc) is 3.04. The first-order valence-electron chi connectivity index (χ1n) is 8.53. The molecule has 1 aliphatic rings. The lowest BCUT2D eigenvalue weighted by molar-refractivity contribution is 0.0243. The summed E-state index contributed by atoms with van der Waals surface area (Å²) in [5.41, 5.74) is 1.61. The van der Waals surface area contributed by atoms with Crippen molar-refractivity contribution in [3.05, 3.63) is 35.4 Å². The highest BCUT2D eigenvalue weighted by molar-refractivity contribution is 5.93. The molecule has 1 aliphatic heterocycles. The lowest BCUT2D eigenvalue weighted by Crippen LogP contribution is -2.45. The third-order valence-electron chi connectivity index (χ3n) is 4.14. The van der Waals surface area contributed by atoms with Crippen molar-refractivity contribution in [3.63, 3.8) is 0 Å². The van der Waals surface area contributed by atoms with Crippen LogP contribution in [0.4, 0.5) is 0 Å². The fourth-order valence-electron chi connectivity index (χ4n) is 2.66. The van der Waals surface area contributed by atoms with E-state index in [4.69, 9.17) is 4.74 Å². The Morgan fingerprint density at radius 2 is 2.04 bits per heavy atom. The molecule has 6 nitrogen and oxygen atoms in total. The minimum Gasteiger partial charge on any atom is -0.373 e. The molecule has 0 spiro atoms. The van der Waals surface area contributed by atoms with Crippen molar-refractivity contribution in [3.8, 4) is 0 Å². The van der Waals surface area contributed by atoms with Gasteiger partial charge in [0.2, 0.25) is 0 Å². The largest absolute Gasteiger partial charge is 0.373 e. The summed E-state index contributed by atoms with van der Waals surface area (Å²) < 4.78 is 5.79. The van der Waals surface area contributed by atoms with E-state index in [-0.39, 0.29) is 11.5 Å². The molecule has 0 bridgehead atoms. The van der Waals surface area contributed by atoms with Crippen LogP contribution in [0, 0.1) is 0 Å². The number of ether oxygens (including phenoxy) is 1. The molecule has 0 aliphatic carbocycles. The minimum absolute atomic E-state index is 0.0788. The molecule has 1 atom stereocenters. The molecule has 1 aromatic carbocycles.